The van der Waals surface area contributed by atoms with E-state index in [0.717, 1.165) is 16.8 Å². The Balaban J connectivity index is 1.61. The molecule has 0 aliphatic carbocycles. The smallest absolute Gasteiger partial charge is 0.318 e. The Bertz CT molecular complexity index is 848. The van der Waals surface area contributed by atoms with Crippen molar-refractivity contribution in [2.24, 2.45) is 0 Å². The van der Waals surface area contributed by atoms with E-state index in [2.05, 4.69) is 20.6 Å². The quantitative estimate of drug-likeness (QED) is 0.681. The van der Waals surface area contributed by atoms with Crippen molar-refractivity contribution in [1.82, 2.24) is 20.2 Å². The number of urea groups is 1. The second-order valence-corrected chi connectivity index (χ2v) is 7.10. The van der Waals surface area contributed by atoms with E-state index in [-0.39, 0.29) is 18.7 Å². The van der Waals surface area contributed by atoms with Gasteiger partial charge in [-0.2, -0.15) is 0 Å². The molecule has 0 fully saturated rings. The van der Waals surface area contributed by atoms with Gasteiger partial charge in [0.2, 0.25) is 5.95 Å². The summed E-state index contributed by atoms with van der Waals surface area (Å²) in [5.74, 6) is 1.03. The van der Waals surface area contributed by atoms with Crippen LogP contribution in [-0.4, -0.2) is 52.3 Å². The van der Waals surface area contributed by atoms with E-state index >= 15 is 0 Å². The van der Waals surface area contributed by atoms with Crippen LogP contribution in [0, 0.1) is 0 Å². The third kappa shape index (κ3) is 4.82. The maximum Gasteiger partial charge on any atom is 0.318 e. The summed E-state index contributed by atoms with van der Waals surface area (Å²) in [7, 11) is 1.56. The number of hydrogen-bond donors (Lipinski definition) is 3. The molecular formula is C19H24ClN5O3. The number of ether oxygens (including phenoxy) is 1. The number of aliphatic hydroxyl groups is 1. The Morgan fingerprint density at radius 2 is 2.29 bits per heavy atom. The predicted molar refractivity (Wildman–Crippen MR) is 107 cm³/mol. The SMILES string of the molecule is COc1cc(CNC(=O)N2CCc3cnc(NC(C)CO)nc3C2)ccc1Cl. The fraction of sp³-hybridized carbons (Fsp3) is 0.421. The first-order valence-electron chi connectivity index (χ1n) is 9.07. The molecule has 8 nitrogen and oxygen atoms in total. The number of nitrogens with zero attached hydrogens (tertiary/aromatic N) is 3. The molecule has 2 aromatic rings. The number of benzene rings is 1. The summed E-state index contributed by atoms with van der Waals surface area (Å²) in [4.78, 5) is 23.1. The van der Waals surface area contributed by atoms with Gasteiger partial charge in [0.1, 0.15) is 5.75 Å². The third-order valence-electron chi connectivity index (χ3n) is 4.54. The summed E-state index contributed by atoms with van der Waals surface area (Å²) in [6.45, 7) is 3.22. The molecule has 150 valence electrons. The lowest BCUT2D eigenvalue weighted by molar-refractivity contribution is 0.191. The average molecular weight is 406 g/mol. The standard InChI is InChI=1S/C19H24ClN5O3/c1-12(11-26)23-18-21-9-14-5-6-25(10-16(14)24-18)19(27)22-8-13-3-4-15(20)17(7-13)28-2/h3-4,7,9,12,26H,5-6,8,10-11H2,1-2H3,(H,22,27)(H,21,23,24). The van der Waals surface area contributed by atoms with Crippen LogP contribution < -0.4 is 15.4 Å². The number of amides is 2. The molecule has 2 amide bonds. The van der Waals surface area contributed by atoms with E-state index in [4.69, 9.17) is 21.4 Å². The Morgan fingerprint density at radius 3 is 3.04 bits per heavy atom. The molecule has 0 saturated heterocycles. The van der Waals surface area contributed by atoms with Gasteiger partial charge in [-0.25, -0.2) is 14.8 Å². The minimum Gasteiger partial charge on any atom is -0.495 e. The second kappa shape index (κ2) is 9.07. The van der Waals surface area contributed by atoms with Gasteiger partial charge < -0.3 is 25.4 Å². The number of methoxy groups -OCH3 is 1. The molecule has 3 rings (SSSR count). The first-order valence-corrected chi connectivity index (χ1v) is 9.45. The molecule has 3 N–H and O–H groups in total. The van der Waals surface area contributed by atoms with Crippen LogP contribution in [0.5, 0.6) is 5.75 Å². The van der Waals surface area contributed by atoms with E-state index in [0.29, 0.717) is 42.8 Å². The van der Waals surface area contributed by atoms with Gasteiger partial charge in [-0.05, 0) is 36.6 Å². The van der Waals surface area contributed by atoms with Crippen molar-refractivity contribution >= 4 is 23.6 Å². The summed E-state index contributed by atoms with van der Waals surface area (Å²) < 4.78 is 5.20. The zero-order valence-corrected chi connectivity index (χ0v) is 16.7. The van der Waals surface area contributed by atoms with Crippen molar-refractivity contribution in [3.63, 3.8) is 0 Å². The number of fused-ring (bicyclic) bond motifs is 1. The largest absolute Gasteiger partial charge is 0.495 e. The highest BCUT2D eigenvalue weighted by Crippen LogP contribution is 2.25. The van der Waals surface area contributed by atoms with Crippen LogP contribution >= 0.6 is 11.6 Å². The van der Waals surface area contributed by atoms with Crippen molar-refractivity contribution in [1.29, 1.82) is 0 Å². The number of aromatic nitrogens is 2. The van der Waals surface area contributed by atoms with E-state index < -0.39 is 0 Å². The van der Waals surface area contributed by atoms with E-state index in [1.54, 1.807) is 24.3 Å². The number of halogens is 1. The monoisotopic (exact) mass is 405 g/mol. The predicted octanol–water partition coefficient (Wildman–Crippen LogP) is 2.20. The van der Waals surface area contributed by atoms with Crippen LogP contribution in [0.25, 0.3) is 0 Å². The fourth-order valence-electron chi connectivity index (χ4n) is 2.92. The van der Waals surface area contributed by atoms with Gasteiger partial charge in [-0.15, -0.1) is 0 Å². The summed E-state index contributed by atoms with van der Waals surface area (Å²) in [5.41, 5.74) is 2.75. The normalized spacial score (nSPS) is 14.2. The van der Waals surface area contributed by atoms with Gasteiger partial charge >= 0.3 is 6.03 Å². The summed E-state index contributed by atoms with van der Waals surface area (Å²) in [6, 6.07) is 5.11. The molecule has 1 aliphatic rings. The van der Waals surface area contributed by atoms with Crippen molar-refractivity contribution in [3.05, 3.63) is 46.2 Å². The van der Waals surface area contributed by atoms with Gasteiger partial charge in [0, 0.05) is 25.3 Å². The van der Waals surface area contributed by atoms with Crippen molar-refractivity contribution < 1.29 is 14.6 Å². The number of nitrogens with one attached hydrogen (secondary N) is 2. The van der Waals surface area contributed by atoms with Crippen molar-refractivity contribution in [2.45, 2.75) is 32.5 Å². The molecule has 0 saturated carbocycles. The van der Waals surface area contributed by atoms with E-state index in [9.17, 15) is 4.79 Å². The number of hydrogen-bond acceptors (Lipinski definition) is 6. The van der Waals surface area contributed by atoms with Crippen LogP contribution in [0.2, 0.25) is 5.02 Å². The van der Waals surface area contributed by atoms with Crippen LogP contribution in [-0.2, 0) is 19.5 Å². The molecule has 1 unspecified atom stereocenters. The summed E-state index contributed by atoms with van der Waals surface area (Å²) >= 11 is 6.03. The van der Waals surface area contributed by atoms with Gasteiger partial charge in [0.05, 0.1) is 31.0 Å². The van der Waals surface area contributed by atoms with Crippen LogP contribution in [0.4, 0.5) is 10.7 Å². The molecule has 1 aromatic carbocycles. The van der Waals surface area contributed by atoms with Gasteiger partial charge in [-0.3, -0.25) is 0 Å². The maximum absolute atomic E-state index is 12.6. The number of carbonyl (C=O) groups excluding carboxylic acids is 1. The Labute approximate surface area is 168 Å². The lowest BCUT2D eigenvalue weighted by Crippen LogP contribution is -2.42. The molecule has 0 bridgehead atoms. The van der Waals surface area contributed by atoms with Crippen molar-refractivity contribution in [2.75, 3.05) is 25.6 Å². The van der Waals surface area contributed by atoms with Crippen LogP contribution in [0.1, 0.15) is 23.7 Å². The highest BCUT2D eigenvalue weighted by Gasteiger charge is 2.22. The van der Waals surface area contributed by atoms with E-state index in [1.165, 1.54) is 0 Å². The summed E-state index contributed by atoms with van der Waals surface area (Å²) in [5, 5.41) is 15.6. The molecule has 0 radical (unpaired) electrons. The first-order chi connectivity index (χ1) is 13.5. The van der Waals surface area contributed by atoms with Crippen molar-refractivity contribution in [3.8, 4) is 5.75 Å². The van der Waals surface area contributed by atoms with Gasteiger partial charge in [-0.1, -0.05) is 17.7 Å². The number of anilines is 1. The second-order valence-electron chi connectivity index (χ2n) is 6.69. The molecule has 1 atom stereocenters. The average Bonchev–Trinajstić information content (AvgIpc) is 2.72. The molecule has 1 aliphatic heterocycles. The molecular weight excluding hydrogens is 382 g/mol. The molecule has 28 heavy (non-hydrogen) atoms. The van der Waals surface area contributed by atoms with Gasteiger partial charge in [0.25, 0.3) is 0 Å². The molecule has 0 spiro atoms. The Kier molecular flexibility index (Phi) is 6.53. The fourth-order valence-corrected chi connectivity index (χ4v) is 3.11. The lowest BCUT2D eigenvalue weighted by Gasteiger charge is -2.28. The topological polar surface area (TPSA) is 99.6 Å². The third-order valence-corrected chi connectivity index (χ3v) is 4.85. The summed E-state index contributed by atoms with van der Waals surface area (Å²) in [6.07, 6.45) is 2.48. The lowest BCUT2D eigenvalue weighted by atomic mass is 10.1. The first kappa shape index (κ1) is 20.2. The Morgan fingerprint density at radius 1 is 1.46 bits per heavy atom. The molecule has 2 heterocycles. The highest BCUT2D eigenvalue weighted by atomic mass is 35.5. The van der Waals surface area contributed by atoms with Crippen LogP contribution in [0.3, 0.4) is 0 Å². The molecule has 9 heteroatoms. The van der Waals surface area contributed by atoms with Crippen LogP contribution in [0.15, 0.2) is 24.4 Å². The minimum absolute atomic E-state index is 0.00946. The zero-order valence-electron chi connectivity index (χ0n) is 15.9. The maximum atomic E-state index is 12.6. The Hall–Kier alpha value is -2.58. The zero-order chi connectivity index (χ0) is 20.1. The number of rotatable bonds is 6. The van der Waals surface area contributed by atoms with E-state index in [1.807, 2.05) is 19.1 Å². The van der Waals surface area contributed by atoms with Gasteiger partial charge in [0.15, 0.2) is 0 Å². The number of carbonyl (C=O) groups is 1. The minimum atomic E-state index is -0.156. The molecule has 1 aromatic heterocycles. The number of aliphatic hydroxyl groups excluding tert-OH is 1. The highest BCUT2D eigenvalue weighted by molar-refractivity contribution is 6.32.